The van der Waals surface area contributed by atoms with Gasteiger partial charge in [-0.15, -0.1) is 0 Å². The van der Waals surface area contributed by atoms with E-state index in [1.165, 1.54) is 0 Å². The number of nitrogens with two attached hydrogens (primary N) is 1. The van der Waals surface area contributed by atoms with Gasteiger partial charge >= 0.3 is 0 Å². The fraction of sp³-hybridized carbons (Fsp3) is 0.250. The summed E-state index contributed by atoms with van der Waals surface area (Å²) in [5, 5.41) is 12.9. The number of para-hydroxylation sites is 1. The molecule has 2 heterocycles. The number of carbonyl (C=O) groups excluding carboxylic acids is 1. The van der Waals surface area contributed by atoms with Crippen molar-refractivity contribution in [2.24, 2.45) is 5.73 Å². The molecule has 2 aromatic rings. The van der Waals surface area contributed by atoms with Gasteiger partial charge in [0.2, 0.25) is 5.88 Å². The molecule has 2 atom stereocenters. The van der Waals surface area contributed by atoms with E-state index in [4.69, 9.17) is 15.2 Å². The second-order valence-electron chi connectivity index (χ2n) is 7.69. The van der Waals surface area contributed by atoms with Crippen LogP contribution in [0.5, 0.6) is 0 Å². The molecule has 0 radical (unpaired) electrons. The van der Waals surface area contributed by atoms with Crippen molar-refractivity contribution >= 4 is 11.6 Å². The van der Waals surface area contributed by atoms with Gasteiger partial charge in [0.1, 0.15) is 23.5 Å². The summed E-state index contributed by atoms with van der Waals surface area (Å²) in [6, 6.07) is 19.0. The van der Waals surface area contributed by atoms with Gasteiger partial charge < -0.3 is 20.5 Å². The first kappa shape index (κ1) is 18.5. The van der Waals surface area contributed by atoms with Gasteiger partial charge in [0, 0.05) is 23.2 Å². The van der Waals surface area contributed by atoms with E-state index >= 15 is 0 Å². The summed E-state index contributed by atoms with van der Waals surface area (Å²) >= 11 is 0. The van der Waals surface area contributed by atoms with Crippen LogP contribution in [0.4, 0.5) is 5.69 Å². The van der Waals surface area contributed by atoms with Crippen molar-refractivity contribution in [3.05, 3.63) is 88.5 Å². The predicted molar refractivity (Wildman–Crippen MR) is 110 cm³/mol. The molecule has 6 heteroatoms. The highest BCUT2D eigenvalue weighted by Gasteiger charge is 2.55. The van der Waals surface area contributed by atoms with Crippen LogP contribution < -0.4 is 11.1 Å². The smallest absolute Gasteiger partial charge is 0.265 e. The number of carbonyl (C=O) groups is 1. The molecule has 0 bridgehead atoms. The number of ether oxygens (including phenoxy) is 2. The second kappa shape index (κ2) is 7.05. The molecule has 0 fully saturated rings. The molecule has 0 aromatic heterocycles. The molecule has 3 N–H and O–H groups in total. The van der Waals surface area contributed by atoms with E-state index in [2.05, 4.69) is 11.4 Å². The number of fused-ring (bicyclic) bond motifs is 3. The Kier molecular flexibility index (Phi) is 4.34. The molecule has 0 saturated heterocycles. The van der Waals surface area contributed by atoms with E-state index in [0.29, 0.717) is 24.3 Å². The molecule has 3 aliphatic rings. The van der Waals surface area contributed by atoms with Gasteiger partial charge in [0.15, 0.2) is 5.60 Å². The number of amides is 1. The summed E-state index contributed by atoms with van der Waals surface area (Å²) in [6.45, 7) is 0. The number of anilines is 1. The van der Waals surface area contributed by atoms with E-state index in [0.717, 1.165) is 29.5 Å². The lowest BCUT2D eigenvalue weighted by molar-refractivity contribution is -0.143. The summed E-state index contributed by atoms with van der Waals surface area (Å²) in [5.41, 5.74) is 8.00. The Balaban J connectivity index is 1.79. The maximum absolute atomic E-state index is 13.5. The molecular weight excluding hydrogens is 378 g/mol. The Morgan fingerprint density at radius 2 is 1.80 bits per heavy atom. The molecule has 2 aliphatic heterocycles. The topological polar surface area (TPSA) is 97.4 Å². The van der Waals surface area contributed by atoms with Crippen LogP contribution in [0.3, 0.4) is 0 Å². The number of hydrogen-bond acceptors (Lipinski definition) is 5. The lowest BCUT2D eigenvalue weighted by atomic mass is 9.79. The minimum absolute atomic E-state index is 0.0299. The third kappa shape index (κ3) is 2.63. The zero-order chi connectivity index (χ0) is 20.7. The summed E-state index contributed by atoms with van der Waals surface area (Å²) < 4.78 is 12.8. The van der Waals surface area contributed by atoms with Crippen LogP contribution >= 0.6 is 0 Å². The maximum Gasteiger partial charge on any atom is 0.265 e. The fourth-order valence-electron chi connectivity index (χ4n) is 4.61. The van der Waals surface area contributed by atoms with Crippen molar-refractivity contribution in [1.29, 1.82) is 5.26 Å². The summed E-state index contributed by atoms with van der Waals surface area (Å²) in [7, 11) is 0. The first-order valence-electron chi connectivity index (χ1n) is 10.1. The molecule has 6 nitrogen and oxygen atoms in total. The van der Waals surface area contributed by atoms with Crippen LogP contribution in [0.2, 0.25) is 0 Å². The lowest BCUT2D eigenvalue weighted by Gasteiger charge is -2.39. The highest BCUT2D eigenvalue weighted by molar-refractivity contribution is 6.07. The number of allylic oxidation sites excluding steroid dienone is 1. The monoisotopic (exact) mass is 399 g/mol. The summed E-state index contributed by atoms with van der Waals surface area (Å²) in [6.07, 6.45) is 2.31. The van der Waals surface area contributed by atoms with Crippen molar-refractivity contribution in [2.45, 2.75) is 37.4 Å². The predicted octanol–water partition coefficient (Wildman–Crippen LogP) is 4.14. The van der Waals surface area contributed by atoms with E-state index in [1.807, 2.05) is 54.6 Å². The Hall–Kier alpha value is -3.56. The summed E-state index contributed by atoms with van der Waals surface area (Å²) in [5.74, 6) is 0.396. The summed E-state index contributed by atoms with van der Waals surface area (Å²) in [4.78, 5) is 13.5. The molecule has 5 rings (SSSR count). The van der Waals surface area contributed by atoms with Crippen molar-refractivity contribution in [3.63, 3.8) is 0 Å². The highest BCUT2D eigenvalue weighted by Crippen LogP contribution is 2.52. The Bertz CT molecular complexity index is 1130. The minimum Gasteiger partial charge on any atom is -0.445 e. The maximum atomic E-state index is 13.5. The van der Waals surface area contributed by atoms with Crippen LogP contribution in [-0.2, 0) is 19.9 Å². The zero-order valence-electron chi connectivity index (χ0n) is 16.4. The average Bonchev–Trinajstić information content (AvgIpc) is 3.05. The van der Waals surface area contributed by atoms with E-state index in [-0.39, 0.29) is 17.4 Å². The van der Waals surface area contributed by atoms with Gasteiger partial charge in [0.05, 0.1) is 0 Å². The fourth-order valence-corrected chi connectivity index (χ4v) is 4.61. The van der Waals surface area contributed by atoms with Gasteiger partial charge in [-0.3, -0.25) is 4.79 Å². The highest BCUT2D eigenvalue weighted by atomic mass is 16.5. The first-order chi connectivity index (χ1) is 14.6. The normalized spacial score (nSPS) is 28.0. The minimum atomic E-state index is -1.37. The Morgan fingerprint density at radius 1 is 1.07 bits per heavy atom. The molecule has 30 heavy (non-hydrogen) atoms. The lowest BCUT2D eigenvalue weighted by Crippen LogP contribution is -2.43. The van der Waals surface area contributed by atoms with Gasteiger partial charge in [-0.05, 0) is 30.9 Å². The van der Waals surface area contributed by atoms with Crippen LogP contribution in [0, 0.1) is 11.3 Å². The number of hydrogen-bond donors (Lipinski definition) is 2. The third-order valence-corrected chi connectivity index (χ3v) is 5.99. The second-order valence-corrected chi connectivity index (χ2v) is 7.69. The zero-order valence-corrected chi connectivity index (χ0v) is 16.4. The number of benzene rings is 2. The third-order valence-electron chi connectivity index (χ3n) is 5.99. The molecule has 150 valence electrons. The molecule has 0 saturated carbocycles. The van der Waals surface area contributed by atoms with Crippen molar-refractivity contribution in [1.82, 2.24) is 0 Å². The van der Waals surface area contributed by atoms with Crippen LogP contribution in [-0.4, -0.2) is 5.91 Å². The van der Waals surface area contributed by atoms with E-state index in [9.17, 15) is 10.1 Å². The van der Waals surface area contributed by atoms with Crippen LogP contribution in [0.15, 0.2) is 77.4 Å². The van der Waals surface area contributed by atoms with Gasteiger partial charge in [-0.25, -0.2) is 0 Å². The number of nitrogens with zero attached hydrogens (tertiary/aromatic N) is 1. The van der Waals surface area contributed by atoms with Crippen molar-refractivity contribution < 1.29 is 14.3 Å². The van der Waals surface area contributed by atoms with Crippen LogP contribution in [0.25, 0.3) is 0 Å². The molecule has 1 spiro atoms. The first-order valence-corrected chi connectivity index (χ1v) is 10.1. The number of rotatable bonds is 1. The van der Waals surface area contributed by atoms with Crippen LogP contribution in [0.1, 0.15) is 42.9 Å². The van der Waals surface area contributed by atoms with E-state index in [1.54, 1.807) is 0 Å². The quantitative estimate of drug-likeness (QED) is 0.751. The standard InChI is InChI=1S/C24H21N3O3/c25-14-16-21(15-8-2-1-3-9-15)30-24(17-10-4-6-12-19(17)27-23(24)28)18-11-5-7-13-20(18)29-22(16)26/h1-4,6,8-10,12,21H,5,7,11,13,26H2,(H,27,28)/b22-16-. The molecular formula is C24H21N3O3. The van der Waals surface area contributed by atoms with Crippen molar-refractivity contribution in [2.75, 3.05) is 5.32 Å². The largest absolute Gasteiger partial charge is 0.445 e. The molecule has 2 aromatic carbocycles. The SMILES string of the molecule is N#C/C1=C(\N)OC2=C(CCCC2)C2(OC1c1ccccc1)C(=O)Nc1ccccc12. The average molecular weight is 399 g/mol. The van der Waals surface area contributed by atoms with Gasteiger partial charge in [-0.2, -0.15) is 5.26 Å². The Labute approximate surface area is 174 Å². The molecule has 2 unspecified atom stereocenters. The number of nitriles is 1. The molecule has 1 amide bonds. The van der Waals surface area contributed by atoms with Gasteiger partial charge in [0.25, 0.3) is 5.91 Å². The number of nitrogens with one attached hydrogen (secondary N) is 1. The van der Waals surface area contributed by atoms with E-state index < -0.39 is 11.7 Å². The van der Waals surface area contributed by atoms with Gasteiger partial charge in [-0.1, -0.05) is 48.5 Å². The van der Waals surface area contributed by atoms with Crippen molar-refractivity contribution in [3.8, 4) is 6.07 Å². The Morgan fingerprint density at radius 3 is 2.60 bits per heavy atom. The molecule has 1 aliphatic carbocycles.